The van der Waals surface area contributed by atoms with Gasteiger partial charge in [-0.05, 0) is 42.5 Å². The maximum atomic E-state index is 12.0. The van der Waals surface area contributed by atoms with E-state index < -0.39 is 5.97 Å². The van der Waals surface area contributed by atoms with Gasteiger partial charge in [-0.1, -0.05) is 11.6 Å². The molecule has 0 unspecified atom stereocenters. The molecule has 0 fully saturated rings. The molecular weight excluding hydrogens is 294 g/mol. The fraction of sp³-hybridized carbons (Fsp3) is 0.0667. The number of anilines is 1. The van der Waals surface area contributed by atoms with Crippen LogP contribution < -0.4 is 5.32 Å². The number of esters is 1. The molecule has 2 N–H and O–H groups in total. The number of hydrogen-bond acceptors (Lipinski definition) is 4. The largest absolute Gasteiger partial charge is 0.506 e. The van der Waals surface area contributed by atoms with E-state index in [1.54, 1.807) is 24.3 Å². The van der Waals surface area contributed by atoms with Crippen LogP contribution in [0.25, 0.3) is 0 Å². The van der Waals surface area contributed by atoms with Gasteiger partial charge >= 0.3 is 5.97 Å². The summed E-state index contributed by atoms with van der Waals surface area (Å²) >= 11 is 5.75. The number of amides is 1. The van der Waals surface area contributed by atoms with Crippen molar-refractivity contribution >= 4 is 29.2 Å². The van der Waals surface area contributed by atoms with Crippen LogP contribution in [0, 0.1) is 0 Å². The van der Waals surface area contributed by atoms with E-state index in [1.807, 2.05) is 0 Å². The molecule has 21 heavy (non-hydrogen) atoms. The van der Waals surface area contributed by atoms with Gasteiger partial charge in [-0.25, -0.2) is 4.79 Å². The fourth-order valence-corrected chi connectivity index (χ4v) is 1.84. The van der Waals surface area contributed by atoms with Crippen molar-refractivity contribution in [1.82, 2.24) is 0 Å². The Morgan fingerprint density at radius 3 is 2.29 bits per heavy atom. The Hall–Kier alpha value is -2.53. The maximum absolute atomic E-state index is 12.0. The molecule has 2 aromatic carbocycles. The summed E-state index contributed by atoms with van der Waals surface area (Å²) < 4.78 is 4.59. The number of carbonyl (C=O) groups excluding carboxylic acids is 2. The molecule has 0 aliphatic heterocycles. The zero-order valence-corrected chi connectivity index (χ0v) is 11.8. The number of hydrogen-bond donors (Lipinski definition) is 2. The quantitative estimate of drug-likeness (QED) is 0.854. The van der Waals surface area contributed by atoms with Crippen LogP contribution in [0.1, 0.15) is 20.7 Å². The Kier molecular flexibility index (Phi) is 4.45. The van der Waals surface area contributed by atoms with Gasteiger partial charge in [0.25, 0.3) is 5.91 Å². The van der Waals surface area contributed by atoms with Gasteiger partial charge in [0.2, 0.25) is 0 Å². The number of phenolic OH excluding ortho intramolecular Hbond substituents is 1. The average Bonchev–Trinajstić information content (AvgIpc) is 2.50. The number of rotatable bonds is 3. The summed E-state index contributed by atoms with van der Waals surface area (Å²) in [7, 11) is 1.30. The lowest BCUT2D eigenvalue weighted by Crippen LogP contribution is -2.12. The van der Waals surface area contributed by atoms with Crippen LogP contribution in [0.4, 0.5) is 5.69 Å². The van der Waals surface area contributed by atoms with Crippen LogP contribution in [0.3, 0.4) is 0 Å². The molecule has 108 valence electrons. The van der Waals surface area contributed by atoms with Crippen molar-refractivity contribution in [3.8, 4) is 5.75 Å². The predicted molar refractivity (Wildman–Crippen MR) is 78.9 cm³/mol. The summed E-state index contributed by atoms with van der Waals surface area (Å²) in [5, 5.41) is 12.1. The molecule has 6 heteroatoms. The van der Waals surface area contributed by atoms with E-state index >= 15 is 0 Å². The second kappa shape index (κ2) is 6.28. The van der Waals surface area contributed by atoms with Crippen molar-refractivity contribution in [3.05, 3.63) is 58.6 Å². The molecular formula is C15H12ClNO4. The highest BCUT2D eigenvalue weighted by Crippen LogP contribution is 2.24. The highest BCUT2D eigenvalue weighted by Gasteiger charge is 2.10. The van der Waals surface area contributed by atoms with Crippen LogP contribution in [-0.2, 0) is 4.74 Å². The molecule has 0 radical (unpaired) electrons. The monoisotopic (exact) mass is 305 g/mol. The topological polar surface area (TPSA) is 75.6 Å². The number of phenols is 1. The minimum Gasteiger partial charge on any atom is -0.506 e. The number of carbonyl (C=O) groups is 2. The van der Waals surface area contributed by atoms with Crippen molar-refractivity contribution in [2.45, 2.75) is 0 Å². The number of aromatic hydroxyl groups is 1. The van der Waals surface area contributed by atoms with Crippen LogP contribution in [0.15, 0.2) is 42.5 Å². The molecule has 0 aliphatic carbocycles. The third-order valence-corrected chi connectivity index (χ3v) is 3.08. The predicted octanol–water partition coefficient (Wildman–Crippen LogP) is 3.08. The first-order valence-electron chi connectivity index (χ1n) is 5.99. The molecule has 5 nitrogen and oxygen atoms in total. The van der Waals surface area contributed by atoms with E-state index in [-0.39, 0.29) is 16.7 Å². The zero-order chi connectivity index (χ0) is 15.4. The molecule has 0 spiro atoms. The second-order valence-electron chi connectivity index (χ2n) is 4.19. The first-order chi connectivity index (χ1) is 10.0. The molecule has 0 aliphatic rings. The van der Waals surface area contributed by atoms with Crippen LogP contribution in [0.5, 0.6) is 5.75 Å². The van der Waals surface area contributed by atoms with Crippen LogP contribution in [0.2, 0.25) is 5.02 Å². The minimum absolute atomic E-state index is 0.0874. The fourth-order valence-electron chi connectivity index (χ4n) is 1.66. The van der Waals surface area contributed by atoms with E-state index in [2.05, 4.69) is 10.1 Å². The molecule has 2 aromatic rings. The summed E-state index contributed by atoms with van der Waals surface area (Å²) in [5.41, 5.74) is 1.23. The zero-order valence-electron chi connectivity index (χ0n) is 11.1. The van der Waals surface area contributed by atoms with E-state index in [0.717, 1.165) is 0 Å². The summed E-state index contributed by atoms with van der Waals surface area (Å²) in [6.45, 7) is 0. The van der Waals surface area contributed by atoms with E-state index in [4.69, 9.17) is 11.6 Å². The summed E-state index contributed by atoms with van der Waals surface area (Å²) in [4.78, 5) is 23.3. The molecule has 0 saturated heterocycles. The lowest BCUT2D eigenvalue weighted by atomic mass is 10.1. The third-order valence-electron chi connectivity index (χ3n) is 2.77. The molecule has 0 aromatic heterocycles. The second-order valence-corrected chi connectivity index (χ2v) is 4.60. The first-order valence-corrected chi connectivity index (χ1v) is 6.37. The molecule has 0 atom stereocenters. The summed E-state index contributed by atoms with van der Waals surface area (Å²) in [5.74, 6) is -0.906. The van der Waals surface area contributed by atoms with Crippen molar-refractivity contribution in [1.29, 1.82) is 0 Å². The molecule has 0 bridgehead atoms. The average molecular weight is 306 g/mol. The lowest BCUT2D eigenvalue weighted by molar-refractivity contribution is 0.0600. The Morgan fingerprint density at radius 1 is 1.10 bits per heavy atom. The molecule has 0 heterocycles. The van der Waals surface area contributed by atoms with Gasteiger partial charge in [0.05, 0.1) is 17.7 Å². The van der Waals surface area contributed by atoms with E-state index in [0.29, 0.717) is 16.8 Å². The van der Waals surface area contributed by atoms with Gasteiger partial charge in [-0.2, -0.15) is 0 Å². The Bertz CT molecular complexity index is 683. The van der Waals surface area contributed by atoms with Crippen molar-refractivity contribution in [3.63, 3.8) is 0 Å². The van der Waals surface area contributed by atoms with Crippen molar-refractivity contribution < 1.29 is 19.4 Å². The normalized spacial score (nSPS) is 10.0. The van der Waals surface area contributed by atoms with Gasteiger partial charge in [0.15, 0.2) is 0 Å². The van der Waals surface area contributed by atoms with Gasteiger partial charge < -0.3 is 15.2 Å². The van der Waals surface area contributed by atoms with Crippen molar-refractivity contribution in [2.24, 2.45) is 0 Å². The smallest absolute Gasteiger partial charge is 0.337 e. The number of benzene rings is 2. The number of ether oxygens (including phenoxy) is 1. The number of nitrogens with one attached hydrogen (secondary N) is 1. The third kappa shape index (κ3) is 3.52. The standard InChI is InChI=1S/C15H12ClNO4/c1-21-15(20)9-2-5-11(6-3-9)17-14(19)10-4-7-13(18)12(16)8-10/h2-8,18H,1H3,(H,17,19). The highest BCUT2D eigenvalue weighted by atomic mass is 35.5. The van der Waals surface area contributed by atoms with Gasteiger partial charge in [-0.15, -0.1) is 0 Å². The van der Waals surface area contributed by atoms with Gasteiger partial charge in [-0.3, -0.25) is 4.79 Å². The molecule has 0 saturated carbocycles. The summed E-state index contributed by atoms with van der Waals surface area (Å²) in [6, 6.07) is 10.4. The Morgan fingerprint density at radius 2 is 1.71 bits per heavy atom. The van der Waals surface area contributed by atoms with Gasteiger partial charge in [0, 0.05) is 11.3 Å². The molecule has 2 rings (SSSR count). The van der Waals surface area contributed by atoms with Gasteiger partial charge in [0.1, 0.15) is 5.75 Å². The maximum Gasteiger partial charge on any atom is 0.337 e. The number of halogens is 1. The lowest BCUT2D eigenvalue weighted by Gasteiger charge is -2.07. The highest BCUT2D eigenvalue weighted by molar-refractivity contribution is 6.32. The minimum atomic E-state index is -0.446. The Balaban J connectivity index is 2.12. The molecule has 1 amide bonds. The SMILES string of the molecule is COC(=O)c1ccc(NC(=O)c2ccc(O)c(Cl)c2)cc1. The van der Waals surface area contributed by atoms with Crippen LogP contribution >= 0.6 is 11.6 Å². The first kappa shape index (κ1) is 14.9. The van der Waals surface area contributed by atoms with E-state index in [1.165, 1.54) is 25.3 Å². The van der Waals surface area contributed by atoms with E-state index in [9.17, 15) is 14.7 Å². The number of methoxy groups -OCH3 is 1. The van der Waals surface area contributed by atoms with Crippen molar-refractivity contribution in [2.75, 3.05) is 12.4 Å². The van der Waals surface area contributed by atoms with Crippen LogP contribution in [-0.4, -0.2) is 24.1 Å². The Labute approximate surface area is 126 Å². The summed E-state index contributed by atoms with van der Waals surface area (Å²) in [6.07, 6.45) is 0.